The number of urea groups is 1. The number of fused-ring (bicyclic) bond motifs is 1. The third-order valence-electron chi connectivity index (χ3n) is 10.1. The molecule has 2 amide bonds. The molecule has 3 aromatic carbocycles. The van der Waals surface area contributed by atoms with Crippen LogP contribution in [0.2, 0.25) is 0 Å². The molecule has 0 spiro atoms. The molecule has 4 heterocycles. The van der Waals surface area contributed by atoms with Gasteiger partial charge in [-0.2, -0.15) is 26.3 Å². The normalized spacial score (nSPS) is 19.1. The highest BCUT2D eigenvalue weighted by molar-refractivity contribution is 5.90. The summed E-state index contributed by atoms with van der Waals surface area (Å²) in [5.74, 6) is 2.08. The van der Waals surface area contributed by atoms with Gasteiger partial charge in [0.2, 0.25) is 5.95 Å². The third-order valence-corrected chi connectivity index (χ3v) is 10.1. The van der Waals surface area contributed by atoms with Crippen molar-refractivity contribution in [1.29, 1.82) is 0 Å². The number of oxazole rings is 1. The second-order valence-electron chi connectivity index (χ2n) is 13.8. The van der Waals surface area contributed by atoms with E-state index in [4.69, 9.17) is 9.40 Å². The number of nitrogens with zero attached hydrogens (tertiary/aromatic N) is 5. The summed E-state index contributed by atoms with van der Waals surface area (Å²) in [5.41, 5.74) is -0.699. The highest BCUT2D eigenvalue weighted by Gasteiger charge is 2.39. The molecular formula is C38H39F6N7O2. The average Bonchev–Trinajstić information content (AvgIpc) is 3.70. The molecule has 9 nitrogen and oxygen atoms in total. The van der Waals surface area contributed by atoms with Crippen molar-refractivity contribution in [2.45, 2.75) is 76.1 Å². The van der Waals surface area contributed by atoms with Gasteiger partial charge in [-0.05, 0) is 68.0 Å². The number of benzene rings is 3. The molecule has 2 aromatic heterocycles. The number of aromatic nitrogens is 3. The van der Waals surface area contributed by atoms with Crippen LogP contribution in [0, 0.1) is 6.92 Å². The molecule has 0 radical (unpaired) electrons. The summed E-state index contributed by atoms with van der Waals surface area (Å²) in [6.45, 7) is 4.19. The Morgan fingerprint density at radius 2 is 1.57 bits per heavy atom. The summed E-state index contributed by atoms with van der Waals surface area (Å²) < 4.78 is 89.0. The molecule has 0 aliphatic carbocycles. The number of anilines is 2. The van der Waals surface area contributed by atoms with Crippen molar-refractivity contribution in [2.75, 3.05) is 30.3 Å². The van der Waals surface area contributed by atoms with Crippen LogP contribution in [-0.2, 0) is 25.3 Å². The van der Waals surface area contributed by atoms with Crippen molar-refractivity contribution < 1.29 is 35.6 Å². The molecule has 280 valence electrons. The Hall–Kier alpha value is -5.05. The van der Waals surface area contributed by atoms with Crippen molar-refractivity contribution in [2.24, 2.45) is 0 Å². The fourth-order valence-corrected chi connectivity index (χ4v) is 7.50. The number of nitrogens with one attached hydrogen (secondary N) is 2. The Morgan fingerprint density at radius 3 is 2.23 bits per heavy atom. The maximum atomic E-state index is 13.6. The Balaban J connectivity index is 1.03. The van der Waals surface area contributed by atoms with Crippen molar-refractivity contribution >= 4 is 28.7 Å². The van der Waals surface area contributed by atoms with Crippen LogP contribution in [0.4, 0.5) is 42.8 Å². The maximum absolute atomic E-state index is 13.6. The van der Waals surface area contributed by atoms with Gasteiger partial charge in [-0.15, -0.1) is 0 Å². The lowest BCUT2D eigenvalue weighted by Gasteiger charge is -2.45. The minimum atomic E-state index is -5.02. The van der Waals surface area contributed by atoms with Gasteiger partial charge in [0, 0.05) is 50.4 Å². The van der Waals surface area contributed by atoms with Gasteiger partial charge in [0.05, 0.1) is 34.9 Å². The smallest absolute Gasteiger partial charge is 0.416 e. The Morgan fingerprint density at radius 1 is 0.887 bits per heavy atom. The number of aryl methyl sites for hydroxylation is 1. The topological polar surface area (TPSA) is 91.5 Å². The number of piperidine rings is 2. The van der Waals surface area contributed by atoms with Crippen molar-refractivity contribution in [3.8, 4) is 0 Å². The fourth-order valence-electron chi connectivity index (χ4n) is 7.50. The summed E-state index contributed by atoms with van der Waals surface area (Å²) in [7, 11) is 0. The Bertz CT molecular complexity index is 2000. The lowest BCUT2D eigenvalue weighted by atomic mass is 9.90. The van der Waals surface area contributed by atoms with Crippen molar-refractivity contribution in [1.82, 2.24) is 24.3 Å². The number of alkyl halides is 6. The fraction of sp³-hybridized carbons (Fsp3) is 0.395. The monoisotopic (exact) mass is 739 g/mol. The van der Waals surface area contributed by atoms with E-state index in [0.29, 0.717) is 50.4 Å². The van der Waals surface area contributed by atoms with E-state index in [1.165, 1.54) is 0 Å². The first-order valence-corrected chi connectivity index (χ1v) is 17.6. The van der Waals surface area contributed by atoms with E-state index in [0.717, 1.165) is 54.2 Å². The minimum absolute atomic E-state index is 0.0493. The van der Waals surface area contributed by atoms with E-state index < -0.39 is 35.2 Å². The van der Waals surface area contributed by atoms with Crippen LogP contribution in [0.5, 0.6) is 0 Å². The Labute approximate surface area is 302 Å². The number of likely N-dealkylation sites (tertiary alicyclic amines) is 2. The highest BCUT2D eigenvalue weighted by atomic mass is 19.4. The lowest BCUT2D eigenvalue weighted by Crippen LogP contribution is -2.55. The van der Waals surface area contributed by atoms with Gasteiger partial charge in [0.15, 0.2) is 5.89 Å². The number of para-hydroxylation sites is 2. The number of imidazole rings is 1. The summed E-state index contributed by atoms with van der Waals surface area (Å²) in [4.78, 5) is 26.7. The molecule has 15 heteroatoms. The summed E-state index contributed by atoms with van der Waals surface area (Å²) in [5, 5.41) is 6.02. The molecule has 2 atom stereocenters. The van der Waals surface area contributed by atoms with Gasteiger partial charge in [-0.1, -0.05) is 42.5 Å². The Kier molecular flexibility index (Phi) is 10.1. The third kappa shape index (κ3) is 8.45. The van der Waals surface area contributed by atoms with Gasteiger partial charge < -0.3 is 29.4 Å². The molecule has 53 heavy (non-hydrogen) atoms. The standard InChI is InChI=1S/C38H39F6N7O2/c1-24-45-22-32(53-24)23-51-34-10-6-5-9-33(34)48-35(51)46-28-11-14-49(15-12-28)30-13-16-50(31(21-30)17-25-7-3-2-4-8-25)36(52)47-29-19-26(37(39,40)41)18-27(20-29)38(42,43)44/h2-10,18-20,22,28,30-31H,11-17,21,23H2,1H3,(H,46,48)(H,47,52)/t30-,31+/m1/s1. The predicted molar refractivity (Wildman–Crippen MR) is 187 cm³/mol. The number of hydrogen-bond acceptors (Lipinski definition) is 6. The number of hydrogen-bond donors (Lipinski definition) is 2. The van der Waals surface area contributed by atoms with E-state index >= 15 is 0 Å². The summed E-state index contributed by atoms with van der Waals surface area (Å²) >= 11 is 0. The largest absolute Gasteiger partial charge is 0.444 e. The second-order valence-corrected chi connectivity index (χ2v) is 13.8. The van der Waals surface area contributed by atoms with Gasteiger partial charge in [0.25, 0.3) is 0 Å². The van der Waals surface area contributed by atoms with E-state index in [1.807, 2.05) is 61.5 Å². The van der Waals surface area contributed by atoms with Gasteiger partial charge in [-0.3, -0.25) is 0 Å². The van der Waals surface area contributed by atoms with Crippen LogP contribution < -0.4 is 10.6 Å². The first kappa shape index (κ1) is 36.3. The van der Waals surface area contributed by atoms with Crippen molar-refractivity contribution in [3.05, 3.63) is 107 Å². The van der Waals surface area contributed by atoms with Crippen LogP contribution in [0.1, 0.15) is 54.0 Å². The zero-order chi connectivity index (χ0) is 37.3. The summed E-state index contributed by atoms with van der Waals surface area (Å²) in [6, 6.07) is 17.8. The van der Waals surface area contributed by atoms with E-state index in [1.54, 1.807) is 11.1 Å². The molecule has 2 aliphatic heterocycles. The van der Waals surface area contributed by atoms with Crippen LogP contribution in [-0.4, -0.2) is 68.1 Å². The maximum Gasteiger partial charge on any atom is 0.416 e. The van der Waals surface area contributed by atoms with E-state index in [9.17, 15) is 31.1 Å². The SMILES string of the molecule is Cc1ncc(Cn2c(NC3CCN([C@@H]4CCN(C(=O)Nc5cc(C(F)(F)F)cc(C(F)(F)F)c5)[C@@H](Cc5ccccc5)C4)CC3)nc3ccccc32)o1. The quantitative estimate of drug-likeness (QED) is 0.155. The molecule has 5 aromatic rings. The van der Waals surface area contributed by atoms with Crippen LogP contribution >= 0.6 is 0 Å². The average molecular weight is 740 g/mol. The molecule has 0 bridgehead atoms. The molecule has 2 fully saturated rings. The second kappa shape index (κ2) is 14.8. The zero-order valence-electron chi connectivity index (χ0n) is 28.9. The van der Waals surface area contributed by atoms with Gasteiger partial charge in [-0.25, -0.2) is 14.8 Å². The number of halogens is 6. The van der Waals surface area contributed by atoms with Gasteiger partial charge >= 0.3 is 18.4 Å². The van der Waals surface area contributed by atoms with Crippen LogP contribution in [0.3, 0.4) is 0 Å². The van der Waals surface area contributed by atoms with Crippen LogP contribution in [0.15, 0.2) is 83.4 Å². The van der Waals surface area contributed by atoms with E-state index in [-0.39, 0.29) is 24.2 Å². The predicted octanol–water partition coefficient (Wildman–Crippen LogP) is 8.60. The number of carbonyl (C=O) groups is 1. The number of rotatable bonds is 8. The molecule has 0 unspecified atom stereocenters. The number of amides is 2. The first-order valence-electron chi connectivity index (χ1n) is 17.6. The lowest BCUT2D eigenvalue weighted by molar-refractivity contribution is -0.143. The molecule has 7 rings (SSSR count). The molecule has 0 saturated carbocycles. The number of carbonyl (C=O) groups excluding carboxylic acids is 1. The molecular weight excluding hydrogens is 700 g/mol. The van der Waals surface area contributed by atoms with Crippen LogP contribution in [0.25, 0.3) is 11.0 Å². The molecule has 2 N–H and O–H groups in total. The minimum Gasteiger partial charge on any atom is -0.444 e. The van der Waals surface area contributed by atoms with E-state index in [2.05, 4.69) is 25.1 Å². The molecule has 2 saturated heterocycles. The first-order chi connectivity index (χ1) is 25.3. The van der Waals surface area contributed by atoms with Crippen molar-refractivity contribution in [3.63, 3.8) is 0 Å². The van der Waals surface area contributed by atoms with Gasteiger partial charge in [0.1, 0.15) is 5.76 Å². The molecule has 2 aliphatic rings. The zero-order valence-corrected chi connectivity index (χ0v) is 28.9. The highest BCUT2D eigenvalue weighted by Crippen LogP contribution is 2.38. The summed E-state index contributed by atoms with van der Waals surface area (Å²) in [6.07, 6.45) is -4.92.